The first-order chi connectivity index (χ1) is 7.41. The van der Waals surface area contributed by atoms with Crippen LogP contribution in [0, 0.1) is 5.82 Å². The van der Waals surface area contributed by atoms with Crippen LogP contribution in [0.5, 0.6) is 0 Å². The minimum absolute atomic E-state index is 0.129. The molecule has 0 spiro atoms. The largest absolute Gasteiger partial charge is 0.263 e. The summed E-state index contributed by atoms with van der Waals surface area (Å²) >= 11 is 5.56. The molecule has 0 amide bonds. The van der Waals surface area contributed by atoms with Gasteiger partial charge in [-0.3, -0.25) is 0 Å². The number of hydrogen-bond acceptors (Lipinski definition) is 3. The molecule has 1 heterocycles. The SMILES string of the molecule is CC(CCl)N(C)S(=O)(=O)c1ncccc1F. The fraction of sp³-hybridized carbons (Fsp3) is 0.444. The average molecular weight is 267 g/mol. The van der Waals surface area contributed by atoms with Gasteiger partial charge in [0, 0.05) is 25.2 Å². The molecule has 0 aliphatic heterocycles. The Morgan fingerprint density at radius 1 is 1.62 bits per heavy atom. The summed E-state index contributed by atoms with van der Waals surface area (Å²) in [5, 5.41) is -0.575. The van der Waals surface area contributed by atoms with Gasteiger partial charge in [0.05, 0.1) is 0 Å². The molecule has 0 aliphatic carbocycles. The van der Waals surface area contributed by atoms with Crippen LogP contribution in [0.3, 0.4) is 0 Å². The maximum absolute atomic E-state index is 13.3. The molecule has 0 bridgehead atoms. The van der Waals surface area contributed by atoms with Gasteiger partial charge < -0.3 is 0 Å². The zero-order valence-electron chi connectivity index (χ0n) is 8.89. The quantitative estimate of drug-likeness (QED) is 0.776. The van der Waals surface area contributed by atoms with Gasteiger partial charge in [-0.25, -0.2) is 17.8 Å². The van der Waals surface area contributed by atoms with Crippen LogP contribution >= 0.6 is 11.6 Å². The first-order valence-corrected chi connectivity index (χ1v) is 6.53. The van der Waals surface area contributed by atoms with Crippen molar-refractivity contribution in [2.45, 2.75) is 18.0 Å². The third kappa shape index (κ3) is 2.50. The Morgan fingerprint density at radius 2 is 2.25 bits per heavy atom. The second kappa shape index (κ2) is 5.07. The Morgan fingerprint density at radius 3 is 2.75 bits per heavy atom. The molecule has 4 nitrogen and oxygen atoms in total. The fourth-order valence-electron chi connectivity index (χ4n) is 1.03. The summed E-state index contributed by atoms with van der Waals surface area (Å²) in [7, 11) is -2.57. The van der Waals surface area contributed by atoms with Crippen molar-refractivity contribution < 1.29 is 12.8 Å². The number of hydrogen-bond donors (Lipinski definition) is 0. The summed E-state index contributed by atoms with van der Waals surface area (Å²) in [6.45, 7) is 1.63. The fourth-order valence-corrected chi connectivity index (χ4v) is 2.65. The van der Waals surface area contributed by atoms with Crippen LogP contribution < -0.4 is 0 Å². The van der Waals surface area contributed by atoms with Crippen molar-refractivity contribution >= 4 is 21.6 Å². The molecular formula is C9H12ClFN2O2S. The van der Waals surface area contributed by atoms with E-state index >= 15 is 0 Å². The highest BCUT2D eigenvalue weighted by Crippen LogP contribution is 2.17. The van der Waals surface area contributed by atoms with Gasteiger partial charge in [0.15, 0.2) is 5.82 Å². The van der Waals surface area contributed by atoms with Crippen molar-refractivity contribution in [3.63, 3.8) is 0 Å². The molecule has 0 radical (unpaired) electrons. The highest BCUT2D eigenvalue weighted by molar-refractivity contribution is 7.89. The Labute approximate surface area is 99.1 Å². The molecule has 16 heavy (non-hydrogen) atoms. The van der Waals surface area contributed by atoms with Crippen molar-refractivity contribution in [2.24, 2.45) is 0 Å². The minimum atomic E-state index is -3.92. The van der Waals surface area contributed by atoms with Gasteiger partial charge in [-0.05, 0) is 19.1 Å². The van der Waals surface area contributed by atoms with E-state index < -0.39 is 26.9 Å². The lowest BCUT2D eigenvalue weighted by Gasteiger charge is -2.21. The first-order valence-electron chi connectivity index (χ1n) is 4.55. The highest BCUT2D eigenvalue weighted by atomic mass is 35.5. The molecule has 0 saturated carbocycles. The van der Waals surface area contributed by atoms with Crippen LogP contribution in [0.1, 0.15) is 6.92 Å². The van der Waals surface area contributed by atoms with Crippen molar-refractivity contribution in [1.29, 1.82) is 0 Å². The zero-order valence-corrected chi connectivity index (χ0v) is 10.5. The van der Waals surface area contributed by atoms with Crippen molar-refractivity contribution in [3.05, 3.63) is 24.1 Å². The summed E-state index contributed by atoms with van der Waals surface area (Å²) in [4.78, 5) is 3.54. The summed E-state index contributed by atoms with van der Waals surface area (Å²) in [5.41, 5.74) is 0. The number of nitrogens with zero attached hydrogens (tertiary/aromatic N) is 2. The predicted molar refractivity (Wildman–Crippen MR) is 59.3 cm³/mol. The smallest absolute Gasteiger partial charge is 0.241 e. The van der Waals surface area contributed by atoms with E-state index in [1.165, 1.54) is 19.3 Å². The van der Waals surface area contributed by atoms with E-state index in [1.54, 1.807) is 6.92 Å². The maximum Gasteiger partial charge on any atom is 0.263 e. The Hall–Kier alpha value is -0.720. The van der Waals surface area contributed by atoms with Crippen LogP contribution in [-0.4, -0.2) is 36.7 Å². The van der Waals surface area contributed by atoms with Gasteiger partial charge >= 0.3 is 0 Å². The number of alkyl halides is 1. The first kappa shape index (κ1) is 13.3. The van der Waals surface area contributed by atoms with Crippen molar-refractivity contribution in [3.8, 4) is 0 Å². The minimum Gasteiger partial charge on any atom is -0.241 e. The molecule has 1 atom stereocenters. The molecule has 1 aromatic rings. The topological polar surface area (TPSA) is 50.3 Å². The highest BCUT2D eigenvalue weighted by Gasteiger charge is 2.28. The lowest BCUT2D eigenvalue weighted by atomic mass is 10.4. The summed E-state index contributed by atoms with van der Waals surface area (Å²) in [6.07, 6.45) is 1.23. The molecule has 0 saturated heterocycles. The standard InChI is InChI=1S/C9H12ClFN2O2S/c1-7(6-10)13(2)16(14,15)9-8(11)4-3-5-12-9/h3-5,7H,6H2,1-2H3. The summed E-state index contributed by atoms with van der Waals surface area (Å²) in [5.74, 6) is -0.736. The summed E-state index contributed by atoms with van der Waals surface area (Å²) < 4.78 is 38.2. The monoisotopic (exact) mass is 266 g/mol. The molecular weight excluding hydrogens is 255 g/mol. The van der Waals surface area contributed by atoms with E-state index in [0.717, 1.165) is 10.4 Å². The van der Waals surface area contributed by atoms with E-state index in [1.807, 2.05) is 0 Å². The van der Waals surface area contributed by atoms with Gasteiger partial charge in [0.25, 0.3) is 10.0 Å². The van der Waals surface area contributed by atoms with E-state index in [2.05, 4.69) is 4.98 Å². The zero-order chi connectivity index (χ0) is 12.3. The van der Waals surface area contributed by atoms with Crippen LogP contribution in [0.4, 0.5) is 4.39 Å². The van der Waals surface area contributed by atoms with Gasteiger partial charge in [-0.2, -0.15) is 4.31 Å². The molecule has 0 N–H and O–H groups in total. The third-order valence-corrected chi connectivity index (χ3v) is 4.55. The average Bonchev–Trinajstić information content (AvgIpc) is 2.27. The van der Waals surface area contributed by atoms with E-state index in [4.69, 9.17) is 11.6 Å². The molecule has 0 fully saturated rings. The summed E-state index contributed by atoms with van der Waals surface area (Å²) in [6, 6.07) is 1.96. The van der Waals surface area contributed by atoms with Gasteiger partial charge in [0.1, 0.15) is 0 Å². The van der Waals surface area contributed by atoms with Crippen LogP contribution in [0.15, 0.2) is 23.4 Å². The molecule has 1 aromatic heterocycles. The third-order valence-electron chi connectivity index (χ3n) is 2.19. The van der Waals surface area contributed by atoms with E-state index in [0.29, 0.717) is 0 Å². The Kier molecular flexibility index (Phi) is 4.23. The van der Waals surface area contributed by atoms with Crippen LogP contribution in [0.25, 0.3) is 0 Å². The van der Waals surface area contributed by atoms with Gasteiger partial charge in [-0.15, -0.1) is 11.6 Å². The van der Waals surface area contributed by atoms with E-state index in [-0.39, 0.29) is 5.88 Å². The second-order valence-corrected chi connectivity index (χ2v) is 5.54. The maximum atomic E-state index is 13.3. The van der Waals surface area contributed by atoms with Gasteiger partial charge in [0.2, 0.25) is 5.03 Å². The number of rotatable bonds is 4. The molecule has 7 heteroatoms. The number of pyridine rings is 1. The number of halogens is 2. The second-order valence-electron chi connectivity index (χ2n) is 3.31. The van der Waals surface area contributed by atoms with E-state index in [9.17, 15) is 12.8 Å². The molecule has 0 aliphatic rings. The number of sulfonamides is 1. The van der Waals surface area contributed by atoms with Crippen LogP contribution in [-0.2, 0) is 10.0 Å². The predicted octanol–water partition coefficient (Wildman–Crippen LogP) is 1.47. The normalized spacial score (nSPS) is 14.1. The van der Waals surface area contributed by atoms with Gasteiger partial charge in [-0.1, -0.05) is 0 Å². The molecule has 90 valence electrons. The molecule has 1 unspecified atom stereocenters. The lowest BCUT2D eigenvalue weighted by Crippen LogP contribution is -2.37. The number of aromatic nitrogens is 1. The Balaban J connectivity index is 3.17. The molecule has 0 aromatic carbocycles. The van der Waals surface area contributed by atoms with Crippen molar-refractivity contribution in [2.75, 3.05) is 12.9 Å². The lowest BCUT2D eigenvalue weighted by molar-refractivity contribution is 0.407. The molecule has 1 rings (SSSR count). The Bertz CT molecular complexity index is 466. The van der Waals surface area contributed by atoms with Crippen LogP contribution in [0.2, 0.25) is 0 Å². The van der Waals surface area contributed by atoms with Crippen molar-refractivity contribution in [1.82, 2.24) is 9.29 Å².